The molecule has 0 bridgehead atoms. The molecule has 2 saturated heterocycles. The Bertz CT molecular complexity index is 833. The van der Waals surface area contributed by atoms with E-state index in [2.05, 4.69) is 10.00 Å². The first kappa shape index (κ1) is 20.8. The summed E-state index contributed by atoms with van der Waals surface area (Å²) in [5.74, 6) is 0.363. The van der Waals surface area contributed by atoms with Gasteiger partial charge in [0.1, 0.15) is 30.9 Å². The Balaban J connectivity index is 1.23. The molecule has 3 heterocycles. The van der Waals surface area contributed by atoms with Crippen molar-refractivity contribution in [3.63, 3.8) is 0 Å². The van der Waals surface area contributed by atoms with E-state index >= 15 is 0 Å². The number of amides is 1. The van der Waals surface area contributed by atoms with Crippen molar-refractivity contribution in [2.45, 2.75) is 38.5 Å². The van der Waals surface area contributed by atoms with E-state index in [0.29, 0.717) is 18.9 Å². The number of hydrogen-bond donors (Lipinski definition) is 0. The van der Waals surface area contributed by atoms with Crippen LogP contribution in [-0.2, 0) is 16.1 Å². The van der Waals surface area contributed by atoms with Crippen molar-refractivity contribution < 1.29 is 18.7 Å². The first-order valence-electron chi connectivity index (χ1n) is 10.6. The lowest BCUT2D eigenvalue weighted by molar-refractivity contribution is -0.155. The molecule has 7 nitrogen and oxygen atoms in total. The van der Waals surface area contributed by atoms with Gasteiger partial charge in [-0.3, -0.25) is 9.48 Å². The molecule has 0 spiro atoms. The van der Waals surface area contributed by atoms with Gasteiger partial charge in [-0.1, -0.05) is 0 Å². The Morgan fingerprint density at radius 1 is 1.17 bits per heavy atom. The molecule has 1 unspecified atom stereocenters. The SMILES string of the molecule is Cc1ccn(CCN2CCC(N3CC(COc4ccc(F)cc4)OCC3=O)CC2)n1. The van der Waals surface area contributed by atoms with Crippen molar-refractivity contribution in [1.29, 1.82) is 0 Å². The van der Waals surface area contributed by atoms with Crippen LogP contribution in [0, 0.1) is 12.7 Å². The second kappa shape index (κ2) is 9.57. The zero-order valence-electron chi connectivity index (χ0n) is 17.4. The number of halogens is 1. The third-order valence-electron chi connectivity index (χ3n) is 5.83. The van der Waals surface area contributed by atoms with Crippen molar-refractivity contribution in [2.24, 2.45) is 0 Å². The van der Waals surface area contributed by atoms with Gasteiger partial charge in [-0.2, -0.15) is 5.10 Å². The second-order valence-electron chi connectivity index (χ2n) is 8.04. The van der Waals surface area contributed by atoms with E-state index in [0.717, 1.165) is 44.7 Å². The van der Waals surface area contributed by atoms with Gasteiger partial charge in [0.25, 0.3) is 0 Å². The number of aromatic nitrogens is 2. The van der Waals surface area contributed by atoms with E-state index < -0.39 is 0 Å². The average molecular weight is 416 g/mol. The molecule has 2 aromatic rings. The zero-order valence-corrected chi connectivity index (χ0v) is 17.4. The highest BCUT2D eigenvalue weighted by Crippen LogP contribution is 2.21. The summed E-state index contributed by atoms with van der Waals surface area (Å²) in [6.07, 6.45) is 3.78. The molecule has 8 heteroatoms. The summed E-state index contributed by atoms with van der Waals surface area (Å²) in [6, 6.07) is 8.20. The number of piperidine rings is 1. The van der Waals surface area contributed by atoms with Crippen LogP contribution >= 0.6 is 0 Å². The lowest BCUT2D eigenvalue weighted by Gasteiger charge is -2.42. The van der Waals surface area contributed by atoms with Crippen LogP contribution in [0.25, 0.3) is 0 Å². The zero-order chi connectivity index (χ0) is 20.9. The number of morpholine rings is 1. The maximum atomic E-state index is 13.0. The van der Waals surface area contributed by atoms with Crippen LogP contribution < -0.4 is 4.74 Å². The van der Waals surface area contributed by atoms with Gasteiger partial charge in [0.05, 0.1) is 18.8 Å². The average Bonchev–Trinajstić information content (AvgIpc) is 3.18. The highest BCUT2D eigenvalue weighted by atomic mass is 19.1. The molecule has 30 heavy (non-hydrogen) atoms. The fourth-order valence-electron chi connectivity index (χ4n) is 4.11. The monoisotopic (exact) mass is 416 g/mol. The maximum absolute atomic E-state index is 13.0. The molecular formula is C22H29FN4O3. The Labute approximate surface area is 176 Å². The third-order valence-corrected chi connectivity index (χ3v) is 5.83. The number of likely N-dealkylation sites (tertiary alicyclic amines) is 1. The van der Waals surface area contributed by atoms with Crippen LogP contribution in [0.15, 0.2) is 36.5 Å². The van der Waals surface area contributed by atoms with Gasteiger partial charge in [0.2, 0.25) is 5.91 Å². The number of carbonyl (C=O) groups is 1. The smallest absolute Gasteiger partial charge is 0.248 e. The molecule has 162 valence electrons. The first-order chi connectivity index (χ1) is 14.6. The minimum absolute atomic E-state index is 0.0542. The molecule has 0 saturated carbocycles. The van der Waals surface area contributed by atoms with E-state index in [1.54, 1.807) is 12.1 Å². The first-order valence-corrected chi connectivity index (χ1v) is 10.6. The van der Waals surface area contributed by atoms with E-state index in [-0.39, 0.29) is 30.5 Å². The van der Waals surface area contributed by atoms with Crippen molar-refractivity contribution in [2.75, 3.05) is 39.4 Å². The maximum Gasteiger partial charge on any atom is 0.248 e. The van der Waals surface area contributed by atoms with Crippen molar-refractivity contribution in [3.05, 3.63) is 48.0 Å². The van der Waals surface area contributed by atoms with Gasteiger partial charge >= 0.3 is 0 Å². The van der Waals surface area contributed by atoms with Crippen LogP contribution in [0.3, 0.4) is 0 Å². The molecule has 0 aliphatic carbocycles. The van der Waals surface area contributed by atoms with E-state index in [9.17, 15) is 9.18 Å². The van der Waals surface area contributed by atoms with Crippen LogP contribution in [0.5, 0.6) is 5.75 Å². The summed E-state index contributed by atoms with van der Waals surface area (Å²) >= 11 is 0. The number of aryl methyl sites for hydroxylation is 1. The Kier molecular flexibility index (Phi) is 6.64. The minimum Gasteiger partial charge on any atom is -0.491 e. The van der Waals surface area contributed by atoms with Crippen LogP contribution in [0.2, 0.25) is 0 Å². The Hall–Kier alpha value is -2.45. The highest BCUT2D eigenvalue weighted by Gasteiger charge is 2.33. The third kappa shape index (κ3) is 5.37. The van der Waals surface area contributed by atoms with E-state index in [4.69, 9.17) is 9.47 Å². The van der Waals surface area contributed by atoms with Crippen LogP contribution in [-0.4, -0.2) is 77.0 Å². The Morgan fingerprint density at radius 3 is 2.63 bits per heavy atom. The summed E-state index contributed by atoms with van der Waals surface area (Å²) in [5.41, 5.74) is 1.04. The predicted molar refractivity (Wildman–Crippen MR) is 110 cm³/mol. The van der Waals surface area contributed by atoms with Crippen LogP contribution in [0.4, 0.5) is 4.39 Å². The summed E-state index contributed by atoms with van der Waals surface area (Å²) in [5, 5.41) is 4.44. The van der Waals surface area contributed by atoms with E-state index in [1.807, 2.05) is 28.8 Å². The normalized spacial score (nSPS) is 21.2. The fraction of sp³-hybridized carbons (Fsp3) is 0.545. The molecule has 4 rings (SSSR count). The molecule has 2 fully saturated rings. The lowest BCUT2D eigenvalue weighted by atomic mass is 10.0. The fourth-order valence-corrected chi connectivity index (χ4v) is 4.11. The number of carbonyl (C=O) groups excluding carboxylic acids is 1. The number of rotatable bonds is 7. The number of ether oxygens (including phenoxy) is 2. The van der Waals surface area contributed by atoms with Gasteiger partial charge < -0.3 is 19.3 Å². The van der Waals surface area contributed by atoms with Crippen LogP contribution in [0.1, 0.15) is 18.5 Å². The standard InChI is InChI=1S/C22H29FN4O3/c1-17-6-11-26(24-17)13-12-25-9-7-19(8-10-25)27-14-21(30-16-22(27)28)15-29-20-4-2-18(23)3-5-20/h2-6,11,19,21H,7-10,12-16H2,1H3. The quantitative estimate of drug-likeness (QED) is 0.692. The molecule has 1 atom stereocenters. The van der Waals surface area contributed by atoms with Crippen molar-refractivity contribution >= 4 is 5.91 Å². The molecule has 2 aliphatic rings. The summed E-state index contributed by atoms with van der Waals surface area (Å²) in [4.78, 5) is 16.8. The summed E-state index contributed by atoms with van der Waals surface area (Å²) in [7, 11) is 0. The second-order valence-corrected chi connectivity index (χ2v) is 8.04. The Morgan fingerprint density at radius 2 is 1.93 bits per heavy atom. The molecule has 2 aliphatic heterocycles. The predicted octanol–water partition coefficient (Wildman–Crippen LogP) is 2.10. The van der Waals surface area contributed by atoms with Crippen molar-refractivity contribution in [3.8, 4) is 5.75 Å². The summed E-state index contributed by atoms with van der Waals surface area (Å²) in [6.45, 7) is 6.79. The van der Waals surface area contributed by atoms with Crippen molar-refractivity contribution in [1.82, 2.24) is 19.6 Å². The molecule has 0 N–H and O–H groups in total. The highest BCUT2D eigenvalue weighted by molar-refractivity contribution is 5.78. The van der Waals surface area contributed by atoms with Gasteiger partial charge in [0.15, 0.2) is 0 Å². The number of hydrogen-bond acceptors (Lipinski definition) is 5. The number of nitrogens with zero attached hydrogens (tertiary/aromatic N) is 4. The largest absolute Gasteiger partial charge is 0.491 e. The molecule has 1 aromatic carbocycles. The minimum atomic E-state index is -0.292. The lowest BCUT2D eigenvalue weighted by Crippen LogP contribution is -2.55. The molecule has 1 aromatic heterocycles. The molecular weight excluding hydrogens is 387 g/mol. The van der Waals surface area contributed by atoms with Gasteiger partial charge in [0, 0.05) is 31.9 Å². The van der Waals surface area contributed by atoms with E-state index in [1.165, 1.54) is 12.1 Å². The topological polar surface area (TPSA) is 59.8 Å². The van der Waals surface area contributed by atoms with Gasteiger partial charge in [-0.05, 0) is 50.1 Å². The van der Waals surface area contributed by atoms with Gasteiger partial charge in [-0.25, -0.2) is 4.39 Å². The molecule has 1 amide bonds. The molecule has 0 radical (unpaired) electrons. The summed E-state index contributed by atoms with van der Waals surface area (Å²) < 4.78 is 26.4. The van der Waals surface area contributed by atoms with Gasteiger partial charge in [-0.15, -0.1) is 0 Å². The number of benzene rings is 1.